The lowest BCUT2D eigenvalue weighted by Crippen LogP contribution is -2.18. The Hall–Kier alpha value is -1.10. The van der Waals surface area contributed by atoms with Gasteiger partial charge in [0, 0.05) is 12.8 Å². The van der Waals surface area contributed by atoms with Gasteiger partial charge in [0.15, 0.2) is 0 Å². The molecule has 0 bridgehead atoms. The number of nitrogen functional groups attached to an aromatic ring is 1. The second-order valence-corrected chi connectivity index (χ2v) is 3.78. The van der Waals surface area contributed by atoms with E-state index >= 15 is 0 Å². The first kappa shape index (κ1) is 13.0. The van der Waals surface area contributed by atoms with E-state index in [0.717, 1.165) is 5.56 Å². The fraction of sp³-hybridized carbons (Fsp3) is 0.500. The summed E-state index contributed by atoms with van der Waals surface area (Å²) in [5, 5.41) is 9.82. The summed E-state index contributed by atoms with van der Waals surface area (Å²) in [5.74, 6) is 0. The van der Waals surface area contributed by atoms with E-state index in [-0.39, 0.29) is 12.7 Å². The van der Waals surface area contributed by atoms with E-state index < -0.39 is 6.10 Å². The summed E-state index contributed by atoms with van der Waals surface area (Å²) in [6.07, 6.45) is -0.645. The lowest BCUT2D eigenvalue weighted by Gasteiger charge is -2.16. The third-order valence-corrected chi connectivity index (χ3v) is 2.26. The van der Waals surface area contributed by atoms with Crippen LogP contribution in [-0.4, -0.2) is 31.5 Å². The van der Waals surface area contributed by atoms with Crippen LogP contribution < -0.4 is 5.73 Å². The van der Waals surface area contributed by atoms with Gasteiger partial charge in [-0.15, -0.1) is 0 Å². The summed E-state index contributed by atoms with van der Waals surface area (Å²) in [4.78, 5) is 0. The fourth-order valence-corrected chi connectivity index (χ4v) is 1.35. The maximum Gasteiger partial charge on any atom is 0.102 e. The van der Waals surface area contributed by atoms with Gasteiger partial charge in [0.2, 0.25) is 0 Å². The Kier molecular flexibility index (Phi) is 5.25. The molecule has 0 saturated heterocycles. The smallest absolute Gasteiger partial charge is 0.102 e. The number of ether oxygens (including phenoxy) is 2. The molecular formula is C12H19NO3. The molecule has 0 saturated carbocycles. The highest BCUT2D eigenvalue weighted by molar-refractivity contribution is 5.39. The topological polar surface area (TPSA) is 64.7 Å². The van der Waals surface area contributed by atoms with Gasteiger partial charge in [-0.2, -0.15) is 0 Å². The van der Waals surface area contributed by atoms with Crippen LogP contribution in [0.25, 0.3) is 0 Å². The normalized spacial score (nSPS) is 14.7. The van der Waals surface area contributed by atoms with Crippen LogP contribution in [0.2, 0.25) is 0 Å². The average molecular weight is 225 g/mol. The van der Waals surface area contributed by atoms with E-state index in [1.807, 2.05) is 6.92 Å². The first-order valence-electron chi connectivity index (χ1n) is 5.27. The second-order valence-electron chi connectivity index (χ2n) is 3.78. The molecule has 0 aromatic heterocycles. The summed E-state index contributed by atoms with van der Waals surface area (Å²) in [7, 11) is 1.62. The van der Waals surface area contributed by atoms with Gasteiger partial charge in [0.25, 0.3) is 0 Å². The number of rotatable bonds is 6. The number of hydrogen-bond donors (Lipinski definition) is 2. The minimum Gasteiger partial charge on any atom is -0.399 e. The van der Waals surface area contributed by atoms with Crippen molar-refractivity contribution in [1.29, 1.82) is 0 Å². The molecule has 4 nitrogen and oxygen atoms in total. The van der Waals surface area contributed by atoms with E-state index in [9.17, 15) is 5.11 Å². The van der Waals surface area contributed by atoms with Crippen LogP contribution in [0.1, 0.15) is 18.6 Å². The Labute approximate surface area is 96.0 Å². The quantitative estimate of drug-likeness (QED) is 0.717. The summed E-state index contributed by atoms with van der Waals surface area (Å²) < 4.78 is 10.4. The molecule has 0 amide bonds. The predicted molar refractivity (Wildman–Crippen MR) is 63.1 cm³/mol. The molecule has 0 aliphatic carbocycles. The van der Waals surface area contributed by atoms with Crippen molar-refractivity contribution >= 4 is 5.69 Å². The van der Waals surface area contributed by atoms with Crippen molar-refractivity contribution < 1.29 is 14.6 Å². The van der Waals surface area contributed by atoms with E-state index in [4.69, 9.17) is 15.2 Å². The van der Waals surface area contributed by atoms with Crippen LogP contribution in [0.3, 0.4) is 0 Å². The molecule has 16 heavy (non-hydrogen) atoms. The van der Waals surface area contributed by atoms with Gasteiger partial charge in [-0.05, 0) is 24.6 Å². The molecule has 0 aliphatic rings. The Morgan fingerprint density at radius 2 is 1.88 bits per heavy atom. The van der Waals surface area contributed by atoms with Gasteiger partial charge in [-0.3, -0.25) is 0 Å². The zero-order chi connectivity index (χ0) is 12.0. The highest BCUT2D eigenvalue weighted by Gasteiger charge is 2.09. The van der Waals surface area contributed by atoms with Gasteiger partial charge in [-0.1, -0.05) is 12.1 Å². The van der Waals surface area contributed by atoms with E-state index in [2.05, 4.69) is 0 Å². The standard InChI is InChI=1S/C12H19NO3/c1-9(7-15-2)16-8-12(14)10-3-5-11(13)6-4-10/h3-6,9,12,14H,7-8,13H2,1-2H3. The molecule has 0 heterocycles. The molecule has 3 N–H and O–H groups in total. The molecule has 0 fully saturated rings. The number of aliphatic hydroxyl groups excluding tert-OH is 1. The molecule has 2 unspecified atom stereocenters. The van der Waals surface area contributed by atoms with Gasteiger partial charge >= 0.3 is 0 Å². The monoisotopic (exact) mass is 225 g/mol. The van der Waals surface area contributed by atoms with E-state index in [1.54, 1.807) is 31.4 Å². The summed E-state index contributed by atoms with van der Waals surface area (Å²) in [5.41, 5.74) is 7.05. The van der Waals surface area contributed by atoms with Gasteiger partial charge in [0.1, 0.15) is 6.10 Å². The van der Waals surface area contributed by atoms with Crippen LogP contribution in [0, 0.1) is 0 Å². The Balaban J connectivity index is 2.40. The van der Waals surface area contributed by atoms with Crippen molar-refractivity contribution in [2.75, 3.05) is 26.1 Å². The largest absolute Gasteiger partial charge is 0.399 e. The van der Waals surface area contributed by atoms with Gasteiger partial charge < -0.3 is 20.3 Å². The number of benzene rings is 1. The van der Waals surface area contributed by atoms with Gasteiger partial charge in [0.05, 0.1) is 19.3 Å². The Bertz CT molecular complexity index is 300. The third kappa shape index (κ3) is 4.18. The molecule has 0 aliphatic heterocycles. The average Bonchev–Trinajstić information content (AvgIpc) is 2.27. The first-order valence-corrected chi connectivity index (χ1v) is 5.27. The third-order valence-electron chi connectivity index (χ3n) is 2.26. The molecule has 90 valence electrons. The zero-order valence-electron chi connectivity index (χ0n) is 9.72. The molecule has 1 aromatic carbocycles. The van der Waals surface area contributed by atoms with Gasteiger partial charge in [-0.25, -0.2) is 0 Å². The number of nitrogens with two attached hydrogens (primary N) is 1. The molecule has 1 rings (SSSR count). The Morgan fingerprint density at radius 3 is 2.44 bits per heavy atom. The molecule has 1 aromatic rings. The minimum absolute atomic E-state index is 0.0200. The molecule has 4 heteroatoms. The van der Waals surface area contributed by atoms with Crippen LogP contribution in [-0.2, 0) is 9.47 Å². The highest BCUT2D eigenvalue weighted by atomic mass is 16.5. The van der Waals surface area contributed by atoms with Crippen molar-refractivity contribution in [2.45, 2.75) is 19.1 Å². The Morgan fingerprint density at radius 1 is 1.25 bits per heavy atom. The van der Waals surface area contributed by atoms with Crippen LogP contribution in [0.5, 0.6) is 0 Å². The summed E-state index contributed by atoms with van der Waals surface area (Å²) in [6.45, 7) is 2.68. The van der Waals surface area contributed by atoms with Crippen LogP contribution in [0.4, 0.5) is 5.69 Å². The highest BCUT2D eigenvalue weighted by Crippen LogP contribution is 2.15. The zero-order valence-corrected chi connectivity index (χ0v) is 9.72. The van der Waals surface area contributed by atoms with Crippen molar-refractivity contribution in [3.63, 3.8) is 0 Å². The van der Waals surface area contributed by atoms with Crippen molar-refractivity contribution in [3.8, 4) is 0 Å². The summed E-state index contributed by atoms with van der Waals surface area (Å²) >= 11 is 0. The van der Waals surface area contributed by atoms with Crippen molar-refractivity contribution in [1.82, 2.24) is 0 Å². The van der Waals surface area contributed by atoms with Crippen molar-refractivity contribution in [3.05, 3.63) is 29.8 Å². The summed E-state index contributed by atoms with van der Waals surface area (Å²) in [6, 6.07) is 7.11. The minimum atomic E-state index is -0.625. The maximum absolute atomic E-state index is 9.82. The number of anilines is 1. The lowest BCUT2D eigenvalue weighted by molar-refractivity contribution is -0.0325. The van der Waals surface area contributed by atoms with Crippen molar-refractivity contribution in [2.24, 2.45) is 0 Å². The molecule has 0 radical (unpaired) electrons. The predicted octanol–water partition coefficient (Wildman–Crippen LogP) is 1.35. The van der Waals surface area contributed by atoms with E-state index in [1.165, 1.54) is 0 Å². The number of methoxy groups -OCH3 is 1. The van der Waals surface area contributed by atoms with Crippen LogP contribution >= 0.6 is 0 Å². The second kappa shape index (κ2) is 6.48. The molecular weight excluding hydrogens is 206 g/mol. The number of hydrogen-bond acceptors (Lipinski definition) is 4. The molecule has 2 atom stereocenters. The first-order chi connectivity index (χ1) is 7.63. The maximum atomic E-state index is 9.82. The number of aliphatic hydroxyl groups is 1. The molecule has 0 spiro atoms. The van der Waals surface area contributed by atoms with E-state index in [0.29, 0.717) is 12.3 Å². The SMILES string of the molecule is COCC(C)OCC(O)c1ccc(N)cc1. The van der Waals surface area contributed by atoms with Crippen LogP contribution in [0.15, 0.2) is 24.3 Å². The lowest BCUT2D eigenvalue weighted by atomic mass is 10.1. The fourth-order valence-electron chi connectivity index (χ4n) is 1.35.